The van der Waals surface area contributed by atoms with E-state index in [1.165, 1.54) is 0 Å². The van der Waals surface area contributed by atoms with E-state index in [-0.39, 0.29) is 0 Å². The fourth-order valence-electron chi connectivity index (χ4n) is 2.40. The van der Waals surface area contributed by atoms with Gasteiger partial charge in [-0.1, -0.05) is 13.8 Å². The first kappa shape index (κ1) is 16.4. The van der Waals surface area contributed by atoms with Crippen molar-refractivity contribution in [3.8, 4) is 0 Å². The summed E-state index contributed by atoms with van der Waals surface area (Å²) in [5.74, 6) is -0.0581. The summed E-state index contributed by atoms with van der Waals surface area (Å²) in [4.78, 5) is 13.7. The Labute approximate surface area is 117 Å². The molecule has 1 rings (SSSR count). The average molecular weight is 270 g/mol. The minimum atomic E-state index is -0.785. The van der Waals surface area contributed by atoms with E-state index in [1.54, 1.807) is 0 Å². The first-order valence-electron chi connectivity index (χ1n) is 7.46. The van der Waals surface area contributed by atoms with E-state index in [4.69, 9.17) is 0 Å². The highest BCUT2D eigenvalue weighted by molar-refractivity contribution is 5.78. The molecule has 1 saturated carbocycles. The molecule has 0 saturated heterocycles. The monoisotopic (exact) mass is 270 g/mol. The highest BCUT2D eigenvalue weighted by Crippen LogP contribution is 2.24. The van der Waals surface area contributed by atoms with Crippen LogP contribution in [0.4, 0.5) is 0 Å². The van der Waals surface area contributed by atoms with Gasteiger partial charge in [-0.25, -0.2) is 0 Å². The van der Waals surface area contributed by atoms with Crippen molar-refractivity contribution in [3.63, 3.8) is 0 Å². The first-order chi connectivity index (χ1) is 8.74. The Balaban J connectivity index is 2.44. The summed E-state index contributed by atoms with van der Waals surface area (Å²) in [6.07, 6.45) is 4.03. The number of carboxylic acids is 1. The van der Waals surface area contributed by atoms with Crippen LogP contribution in [-0.4, -0.2) is 47.2 Å². The van der Waals surface area contributed by atoms with E-state index in [0.29, 0.717) is 24.4 Å². The summed E-state index contributed by atoms with van der Waals surface area (Å²) in [5, 5.41) is 12.7. The molecule has 19 heavy (non-hydrogen) atoms. The molecule has 0 aliphatic heterocycles. The number of aliphatic carboxylic acids is 1. The van der Waals surface area contributed by atoms with Gasteiger partial charge in [0.05, 0.1) is 0 Å². The molecule has 1 fully saturated rings. The molecule has 112 valence electrons. The lowest BCUT2D eigenvalue weighted by atomic mass is 9.96. The molecule has 0 amide bonds. The quantitative estimate of drug-likeness (QED) is 0.675. The minimum absolute atomic E-state index is 0.416. The van der Waals surface area contributed by atoms with E-state index in [2.05, 4.69) is 38.0 Å². The lowest BCUT2D eigenvalue weighted by Gasteiger charge is -2.31. The van der Waals surface area contributed by atoms with Crippen LogP contribution in [0.3, 0.4) is 0 Å². The fraction of sp³-hybridized carbons (Fsp3) is 0.933. The largest absolute Gasteiger partial charge is 0.480 e. The van der Waals surface area contributed by atoms with Crippen molar-refractivity contribution in [2.75, 3.05) is 13.6 Å². The predicted octanol–water partition coefficient (Wildman–Crippen LogP) is 2.34. The van der Waals surface area contributed by atoms with Gasteiger partial charge in [-0.3, -0.25) is 10.1 Å². The molecule has 0 radical (unpaired) electrons. The van der Waals surface area contributed by atoms with Gasteiger partial charge in [0, 0.05) is 18.6 Å². The van der Waals surface area contributed by atoms with E-state index < -0.39 is 11.5 Å². The summed E-state index contributed by atoms with van der Waals surface area (Å²) in [6, 6.07) is 0.915. The maximum Gasteiger partial charge on any atom is 0.323 e. The minimum Gasteiger partial charge on any atom is -0.480 e. The molecule has 0 bridgehead atoms. The Bertz CT molecular complexity index is 303. The summed E-state index contributed by atoms with van der Waals surface area (Å²) >= 11 is 0. The zero-order chi connectivity index (χ0) is 14.6. The standard InChI is InChI=1S/C15H30N2O2/c1-11(2)10-12(3)17(5)9-8-15(4,14(18)19)16-13-6-7-13/h11-13,16H,6-10H2,1-5H3,(H,18,19). The highest BCUT2D eigenvalue weighted by Gasteiger charge is 2.38. The van der Waals surface area contributed by atoms with Crippen LogP contribution in [0.25, 0.3) is 0 Å². The third-order valence-electron chi connectivity index (χ3n) is 4.10. The molecule has 1 aliphatic carbocycles. The maximum atomic E-state index is 11.5. The van der Waals surface area contributed by atoms with Crippen LogP contribution in [0, 0.1) is 5.92 Å². The summed E-state index contributed by atoms with van der Waals surface area (Å²) in [6.45, 7) is 9.29. The predicted molar refractivity (Wildman–Crippen MR) is 78.4 cm³/mol. The number of nitrogens with zero attached hydrogens (tertiary/aromatic N) is 1. The molecule has 1 aliphatic rings. The van der Waals surface area contributed by atoms with Gasteiger partial charge in [-0.15, -0.1) is 0 Å². The molecule has 0 aromatic rings. The fourth-order valence-corrected chi connectivity index (χ4v) is 2.40. The summed E-state index contributed by atoms with van der Waals surface area (Å²) < 4.78 is 0. The van der Waals surface area contributed by atoms with E-state index in [0.717, 1.165) is 25.8 Å². The molecule has 4 nitrogen and oxygen atoms in total. The Morgan fingerprint density at radius 1 is 1.42 bits per heavy atom. The van der Waals surface area contributed by atoms with Crippen molar-refractivity contribution in [2.45, 2.75) is 71.0 Å². The number of hydrogen-bond acceptors (Lipinski definition) is 3. The van der Waals surface area contributed by atoms with Crippen molar-refractivity contribution in [1.82, 2.24) is 10.2 Å². The lowest BCUT2D eigenvalue weighted by molar-refractivity contribution is -0.144. The Morgan fingerprint density at radius 2 is 2.00 bits per heavy atom. The zero-order valence-electron chi connectivity index (χ0n) is 13.1. The van der Waals surface area contributed by atoms with Crippen LogP contribution in [0.5, 0.6) is 0 Å². The van der Waals surface area contributed by atoms with Gasteiger partial charge in [0.1, 0.15) is 5.54 Å². The number of hydrogen-bond donors (Lipinski definition) is 2. The number of carboxylic acid groups (broad SMARTS) is 1. The van der Waals surface area contributed by atoms with E-state index in [1.807, 2.05) is 6.92 Å². The van der Waals surface area contributed by atoms with Crippen molar-refractivity contribution >= 4 is 5.97 Å². The number of carbonyl (C=O) groups is 1. The summed E-state index contributed by atoms with van der Waals surface area (Å²) in [5.41, 5.74) is -0.785. The van der Waals surface area contributed by atoms with Gasteiger partial charge in [-0.2, -0.15) is 0 Å². The van der Waals surface area contributed by atoms with Crippen LogP contribution in [0.2, 0.25) is 0 Å². The molecule has 2 unspecified atom stereocenters. The van der Waals surface area contributed by atoms with Gasteiger partial charge >= 0.3 is 5.97 Å². The van der Waals surface area contributed by atoms with Crippen molar-refractivity contribution in [1.29, 1.82) is 0 Å². The third-order valence-corrected chi connectivity index (χ3v) is 4.10. The molecular weight excluding hydrogens is 240 g/mol. The average Bonchev–Trinajstić information content (AvgIpc) is 3.08. The van der Waals surface area contributed by atoms with Crippen molar-refractivity contribution < 1.29 is 9.90 Å². The molecule has 0 heterocycles. The second kappa shape index (κ2) is 6.71. The molecule has 4 heteroatoms. The molecule has 0 aromatic heterocycles. The Hall–Kier alpha value is -0.610. The smallest absolute Gasteiger partial charge is 0.323 e. The van der Waals surface area contributed by atoms with Crippen molar-refractivity contribution in [3.05, 3.63) is 0 Å². The number of nitrogens with one attached hydrogen (secondary N) is 1. The second-order valence-electron chi connectivity index (χ2n) is 6.77. The summed E-state index contributed by atoms with van der Waals surface area (Å²) in [7, 11) is 2.09. The van der Waals surface area contributed by atoms with E-state index >= 15 is 0 Å². The van der Waals surface area contributed by atoms with Crippen LogP contribution in [0.15, 0.2) is 0 Å². The van der Waals surface area contributed by atoms with Gasteiger partial charge in [0.25, 0.3) is 0 Å². The number of rotatable bonds is 9. The van der Waals surface area contributed by atoms with Crippen LogP contribution < -0.4 is 5.32 Å². The lowest BCUT2D eigenvalue weighted by Crippen LogP contribution is -2.52. The Kier molecular flexibility index (Phi) is 5.81. The SMILES string of the molecule is CC(C)CC(C)N(C)CCC(C)(NC1CC1)C(=O)O. The normalized spacial score (nSPS) is 20.6. The van der Waals surface area contributed by atoms with Crippen LogP contribution >= 0.6 is 0 Å². The van der Waals surface area contributed by atoms with Crippen molar-refractivity contribution in [2.24, 2.45) is 5.92 Å². The van der Waals surface area contributed by atoms with Crippen LogP contribution in [-0.2, 0) is 4.79 Å². The molecule has 0 aromatic carbocycles. The molecule has 0 spiro atoms. The first-order valence-corrected chi connectivity index (χ1v) is 7.46. The molecule has 2 atom stereocenters. The third kappa shape index (κ3) is 5.49. The van der Waals surface area contributed by atoms with Crippen LogP contribution in [0.1, 0.15) is 53.4 Å². The van der Waals surface area contributed by atoms with Gasteiger partial charge in [0.2, 0.25) is 0 Å². The zero-order valence-corrected chi connectivity index (χ0v) is 13.1. The molecule has 2 N–H and O–H groups in total. The second-order valence-corrected chi connectivity index (χ2v) is 6.77. The van der Waals surface area contributed by atoms with Gasteiger partial charge in [-0.05, 0) is 52.5 Å². The topological polar surface area (TPSA) is 52.6 Å². The molecular formula is C15H30N2O2. The Morgan fingerprint density at radius 3 is 2.42 bits per heavy atom. The van der Waals surface area contributed by atoms with E-state index in [9.17, 15) is 9.90 Å². The van der Waals surface area contributed by atoms with Gasteiger partial charge in [0.15, 0.2) is 0 Å². The highest BCUT2D eigenvalue weighted by atomic mass is 16.4. The maximum absolute atomic E-state index is 11.5. The van der Waals surface area contributed by atoms with Gasteiger partial charge < -0.3 is 10.0 Å².